The molecular formula is C9H11BrO2. The number of phenols is 1. The molecule has 1 N–H and O–H groups in total. The molecule has 12 heavy (non-hydrogen) atoms. The summed E-state index contributed by atoms with van der Waals surface area (Å²) in [6, 6.07) is 3.70. The molecule has 3 heteroatoms. The van der Waals surface area contributed by atoms with Crippen molar-refractivity contribution in [3.8, 4) is 11.5 Å². The standard InChI is InChI=1S/C9H11BrO2/c1-3-6-4-5-7(12-2)8(10)9(6)11/h4-5,11H,3H2,1-2H3. The number of methoxy groups -OCH3 is 1. The van der Waals surface area contributed by atoms with Gasteiger partial charge in [-0.3, -0.25) is 0 Å². The van der Waals surface area contributed by atoms with Crippen molar-refractivity contribution in [1.29, 1.82) is 0 Å². The molecule has 0 amide bonds. The quantitative estimate of drug-likeness (QED) is 0.847. The molecular weight excluding hydrogens is 220 g/mol. The van der Waals surface area contributed by atoms with Gasteiger partial charge in [-0.1, -0.05) is 13.0 Å². The van der Waals surface area contributed by atoms with Gasteiger partial charge in [-0.25, -0.2) is 0 Å². The molecule has 0 saturated carbocycles. The summed E-state index contributed by atoms with van der Waals surface area (Å²) in [7, 11) is 1.57. The Balaban J connectivity index is 3.20. The second kappa shape index (κ2) is 3.81. The van der Waals surface area contributed by atoms with Crippen LogP contribution in [0.5, 0.6) is 11.5 Å². The van der Waals surface area contributed by atoms with E-state index >= 15 is 0 Å². The lowest BCUT2D eigenvalue weighted by molar-refractivity contribution is 0.402. The number of ether oxygens (including phenoxy) is 1. The summed E-state index contributed by atoms with van der Waals surface area (Å²) in [6.07, 6.45) is 0.814. The molecule has 1 aromatic rings. The van der Waals surface area contributed by atoms with Crippen molar-refractivity contribution < 1.29 is 9.84 Å². The Kier molecular flexibility index (Phi) is 2.98. The third-order valence-electron chi connectivity index (χ3n) is 1.77. The second-order valence-electron chi connectivity index (χ2n) is 2.44. The van der Waals surface area contributed by atoms with Gasteiger partial charge in [0.2, 0.25) is 0 Å². The summed E-state index contributed by atoms with van der Waals surface area (Å²) in [5.74, 6) is 0.932. The third kappa shape index (κ3) is 1.55. The highest BCUT2D eigenvalue weighted by molar-refractivity contribution is 9.10. The minimum atomic E-state index is 0.275. The zero-order chi connectivity index (χ0) is 9.14. The maximum atomic E-state index is 9.58. The summed E-state index contributed by atoms with van der Waals surface area (Å²) in [5, 5.41) is 9.58. The third-order valence-corrected chi connectivity index (χ3v) is 2.53. The Morgan fingerprint density at radius 2 is 2.17 bits per heavy atom. The van der Waals surface area contributed by atoms with Gasteiger partial charge in [-0.2, -0.15) is 0 Å². The average Bonchev–Trinajstić information content (AvgIpc) is 2.10. The fourth-order valence-electron chi connectivity index (χ4n) is 1.03. The van der Waals surface area contributed by atoms with E-state index < -0.39 is 0 Å². The van der Waals surface area contributed by atoms with Crippen LogP contribution in [0.2, 0.25) is 0 Å². The lowest BCUT2D eigenvalue weighted by Crippen LogP contribution is -1.88. The SMILES string of the molecule is CCc1ccc(OC)c(Br)c1O. The van der Waals surface area contributed by atoms with E-state index in [4.69, 9.17) is 4.74 Å². The average molecular weight is 231 g/mol. The summed E-state index contributed by atoms with van der Waals surface area (Å²) in [5.41, 5.74) is 0.919. The van der Waals surface area contributed by atoms with E-state index in [1.807, 2.05) is 19.1 Å². The van der Waals surface area contributed by atoms with Crippen LogP contribution < -0.4 is 4.74 Å². The summed E-state index contributed by atoms with van der Waals surface area (Å²) >= 11 is 3.26. The van der Waals surface area contributed by atoms with E-state index in [9.17, 15) is 5.11 Å². The van der Waals surface area contributed by atoms with Gasteiger partial charge in [-0.05, 0) is 34.0 Å². The van der Waals surface area contributed by atoms with E-state index in [0.717, 1.165) is 12.0 Å². The van der Waals surface area contributed by atoms with Gasteiger partial charge in [0.05, 0.1) is 7.11 Å². The van der Waals surface area contributed by atoms with Gasteiger partial charge >= 0.3 is 0 Å². The molecule has 1 rings (SSSR count). The molecule has 0 spiro atoms. The first-order valence-electron chi connectivity index (χ1n) is 3.75. The molecule has 0 aliphatic carbocycles. The van der Waals surface area contributed by atoms with Gasteiger partial charge in [0.15, 0.2) is 0 Å². The van der Waals surface area contributed by atoms with Crippen molar-refractivity contribution in [3.05, 3.63) is 22.2 Å². The predicted molar refractivity (Wildman–Crippen MR) is 51.7 cm³/mol. The lowest BCUT2D eigenvalue weighted by atomic mass is 10.1. The van der Waals surface area contributed by atoms with Crippen LogP contribution in [0.1, 0.15) is 12.5 Å². The highest BCUT2D eigenvalue weighted by Crippen LogP contribution is 2.36. The van der Waals surface area contributed by atoms with Crippen LogP contribution >= 0.6 is 15.9 Å². The van der Waals surface area contributed by atoms with Crippen molar-refractivity contribution in [2.24, 2.45) is 0 Å². The van der Waals surface area contributed by atoms with Crippen molar-refractivity contribution in [2.75, 3.05) is 7.11 Å². The highest BCUT2D eigenvalue weighted by atomic mass is 79.9. The predicted octanol–water partition coefficient (Wildman–Crippen LogP) is 2.73. The molecule has 0 unspecified atom stereocenters. The van der Waals surface area contributed by atoms with Crippen LogP contribution in [0.3, 0.4) is 0 Å². The summed E-state index contributed by atoms with van der Waals surface area (Å²) < 4.78 is 5.65. The first kappa shape index (κ1) is 9.39. The molecule has 0 radical (unpaired) electrons. The number of halogens is 1. The van der Waals surface area contributed by atoms with Gasteiger partial charge in [0, 0.05) is 0 Å². The van der Waals surface area contributed by atoms with Crippen molar-refractivity contribution in [1.82, 2.24) is 0 Å². The highest BCUT2D eigenvalue weighted by Gasteiger charge is 2.08. The van der Waals surface area contributed by atoms with Gasteiger partial charge in [0.1, 0.15) is 16.0 Å². The molecule has 2 nitrogen and oxygen atoms in total. The van der Waals surface area contributed by atoms with Crippen LogP contribution in [0.4, 0.5) is 0 Å². The van der Waals surface area contributed by atoms with Crippen molar-refractivity contribution >= 4 is 15.9 Å². The maximum Gasteiger partial charge on any atom is 0.136 e. The van der Waals surface area contributed by atoms with Crippen molar-refractivity contribution in [2.45, 2.75) is 13.3 Å². The number of rotatable bonds is 2. The molecule has 0 aliphatic heterocycles. The first-order chi connectivity index (χ1) is 5.70. The largest absolute Gasteiger partial charge is 0.506 e. The molecule has 0 bridgehead atoms. The summed E-state index contributed by atoms with van der Waals surface area (Å²) in [4.78, 5) is 0. The van der Waals surface area contributed by atoms with Crippen LogP contribution in [-0.4, -0.2) is 12.2 Å². The number of hydrogen-bond acceptors (Lipinski definition) is 2. The summed E-state index contributed by atoms with van der Waals surface area (Å²) in [6.45, 7) is 1.99. The van der Waals surface area contributed by atoms with E-state index in [1.54, 1.807) is 7.11 Å². The first-order valence-corrected chi connectivity index (χ1v) is 4.54. The van der Waals surface area contributed by atoms with E-state index in [2.05, 4.69) is 15.9 Å². The molecule has 0 atom stereocenters. The zero-order valence-corrected chi connectivity index (χ0v) is 8.68. The fourth-order valence-corrected chi connectivity index (χ4v) is 1.58. The Hall–Kier alpha value is -0.700. The topological polar surface area (TPSA) is 29.5 Å². The zero-order valence-electron chi connectivity index (χ0n) is 7.10. The van der Waals surface area contributed by atoms with Crippen LogP contribution in [0.25, 0.3) is 0 Å². The van der Waals surface area contributed by atoms with Gasteiger partial charge in [0.25, 0.3) is 0 Å². The Bertz CT molecular complexity index is 255. The molecule has 66 valence electrons. The van der Waals surface area contributed by atoms with Crippen LogP contribution in [0, 0.1) is 0 Å². The minimum absolute atomic E-state index is 0.275. The molecule has 0 aliphatic rings. The Morgan fingerprint density at radius 3 is 2.67 bits per heavy atom. The van der Waals surface area contributed by atoms with Gasteiger partial charge in [-0.15, -0.1) is 0 Å². The van der Waals surface area contributed by atoms with E-state index in [-0.39, 0.29) is 5.75 Å². The number of aryl methyl sites for hydroxylation is 1. The molecule has 1 aromatic carbocycles. The maximum absolute atomic E-state index is 9.58. The number of phenolic OH excluding ortho intramolecular Hbond substituents is 1. The minimum Gasteiger partial charge on any atom is -0.506 e. The molecule has 0 heterocycles. The molecule has 0 fully saturated rings. The molecule has 0 saturated heterocycles. The Morgan fingerprint density at radius 1 is 1.50 bits per heavy atom. The Labute approximate surface area is 80.3 Å². The van der Waals surface area contributed by atoms with Crippen molar-refractivity contribution in [3.63, 3.8) is 0 Å². The molecule has 0 aromatic heterocycles. The van der Waals surface area contributed by atoms with Crippen LogP contribution in [0.15, 0.2) is 16.6 Å². The number of aromatic hydroxyl groups is 1. The van der Waals surface area contributed by atoms with E-state index in [0.29, 0.717) is 10.2 Å². The second-order valence-corrected chi connectivity index (χ2v) is 3.24. The smallest absolute Gasteiger partial charge is 0.136 e. The lowest BCUT2D eigenvalue weighted by Gasteiger charge is -2.07. The normalized spacial score (nSPS) is 9.92. The van der Waals surface area contributed by atoms with Gasteiger partial charge < -0.3 is 9.84 Å². The van der Waals surface area contributed by atoms with Crippen LogP contribution in [-0.2, 0) is 6.42 Å². The number of hydrogen-bond donors (Lipinski definition) is 1. The fraction of sp³-hybridized carbons (Fsp3) is 0.333. The van der Waals surface area contributed by atoms with E-state index in [1.165, 1.54) is 0 Å². The number of benzene rings is 1. The monoisotopic (exact) mass is 230 g/mol.